The maximum atomic E-state index is 12.2. The smallest absolute Gasteiger partial charge is 0.258 e. The highest BCUT2D eigenvalue weighted by atomic mass is 32.2. The van der Waals surface area contributed by atoms with E-state index in [1.165, 1.54) is 0 Å². The van der Waals surface area contributed by atoms with Gasteiger partial charge in [0.1, 0.15) is 0 Å². The summed E-state index contributed by atoms with van der Waals surface area (Å²) in [6.45, 7) is -0.569. The van der Waals surface area contributed by atoms with Crippen LogP contribution in [0, 0.1) is 30.3 Å². The Morgan fingerprint density at radius 2 is 1.35 bits per heavy atom. The third-order valence-corrected chi connectivity index (χ3v) is 4.62. The van der Waals surface area contributed by atoms with E-state index < -0.39 is 58.9 Å². The van der Waals surface area contributed by atoms with E-state index in [9.17, 15) is 43.9 Å². The molecule has 13 heteroatoms. The number of nitrogens with zero attached hydrogens (tertiary/aromatic N) is 3. The molecule has 0 saturated carbocycles. The van der Waals surface area contributed by atoms with Gasteiger partial charge in [-0.15, -0.1) is 0 Å². The van der Waals surface area contributed by atoms with E-state index in [4.69, 9.17) is 0 Å². The van der Waals surface area contributed by atoms with Crippen LogP contribution in [0.1, 0.15) is 12.8 Å². The maximum absolute atomic E-state index is 12.2. The summed E-state index contributed by atoms with van der Waals surface area (Å²) in [7, 11) is -4.47. The number of nitro benzene ring substituents is 3. The molecular formula is C10H10N3O9S. The molecule has 0 unspecified atom stereocenters. The van der Waals surface area contributed by atoms with Crippen molar-refractivity contribution in [3.8, 4) is 0 Å². The highest BCUT2D eigenvalue weighted by Crippen LogP contribution is 2.37. The molecular weight excluding hydrogens is 338 g/mol. The number of hydrogen-bond donors (Lipinski definition) is 0. The van der Waals surface area contributed by atoms with Crippen LogP contribution in [-0.2, 0) is 14.9 Å². The van der Waals surface area contributed by atoms with Crippen LogP contribution in [-0.4, -0.2) is 35.5 Å². The van der Waals surface area contributed by atoms with Crippen molar-refractivity contribution in [1.29, 1.82) is 0 Å². The second kappa shape index (κ2) is 7.06. The van der Waals surface area contributed by atoms with E-state index >= 15 is 0 Å². The van der Waals surface area contributed by atoms with Gasteiger partial charge in [-0.05, 0) is 12.8 Å². The average molecular weight is 348 g/mol. The first-order valence-corrected chi connectivity index (χ1v) is 7.69. The minimum atomic E-state index is -4.47. The van der Waals surface area contributed by atoms with E-state index in [0.717, 1.165) is 0 Å². The summed E-state index contributed by atoms with van der Waals surface area (Å²) in [5, 5.41) is 43.0. The van der Waals surface area contributed by atoms with Crippen LogP contribution in [0.2, 0.25) is 0 Å². The fourth-order valence-electron chi connectivity index (χ4n) is 1.78. The van der Waals surface area contributed by atoms with Crippen molar-refractivity contribution in [3.05, 3.63) is 42.5 Å². The lowest BCUT2D eigenvalue weighted by Crippen LogP contribution is -2.13. The van der Waals surface area contributed by atoms with Crippen LogP contribution in [0.25, 0.3) is 0 Å². The molecule has 1 aromatic carbocycles. The first-order chi connectivity index (χ1) is 10.6. The molecule has 0 aromatic heterocycles. The summed E-state index contributed by atoms with van der Waals surface area (Å²) in [5.74, 6) is -0.714. The lowest BCUT2D eigenvalue weighted by molar-refractivity contribution is -0.407. The van der Waals surface area contributed by atoms with E-state index in [1.54, 1.807) is 0 Å². The molecule has 0 fully saturated rings. The predicted molar refractivity (Wildman–Crippen MR) is 73.2 cm³/mol. The van der Waals surface area contributed by atoms with Gasteiger partial charge in [-0.3, -0.25) is 30.3 Å². The molecule has 0 heterocycles. The Hall–Kier alpha value is -2.67. The largest absolute Gasteiger partial charge is 0.301 e. The molecule has 12 nitrogen and oxygen atoms in total. The lowest BCUT2D eigenvalue weighted by atomic mass is 10.2. The number of sulfone groups is 1. The van der Waals surface area contributed by atoms with Gasteiger partial charge < -0.3 is 0 Å². The van der Waals surface area contributed by atoms with Crippen molar-refractivity contribution in [2.75, 3.05) is 12.4 Å². The zero-order chi connectivity index (χ0) is 17.8. The van der Waals surface area contributed by atoms with Crippen molar-refractivity contribution in [1.82, 2.24) is 0 Å². The van der Waals surface area contributed by atoms with Crippen molar-refractivity contribution in [2.45, 2.75) is 17.7 Å². The van der Waals surface area contributed by atoms with E-state index in [2.05, 4.69) is 0 Å². The molecule has 1 rings (SSSR count). The molecule has 0 bridgehead atoms. The highest BCUT2D eigenvalue weighted by Gasteiger charge is 2.38. The van der Waals surface area contributed by atoms with Gasteiger partial charge in [0.05, 0.1) is 39.3 Å². The molecule has 1 radical (unpaired) electrons. The summed E-state index contributed by atoms with van der Waals surface area (Å²) in [6, 6.07) is 0.709. The molecule has 0 aliphatic heterocycles. The van der Waals surface area contributed by atoms with Crippen molar-refractivity contribution in [2.24, 2.45) is 0 Å². The maximum Gasteiger partial charge on any atom is 0.301 e. The van der Waals surface area contributed by atoms with E-state index in [-0.39, 0.29) is 12.8 Å². The summed E-state index contributed by atoms with van der Waals surface area (Å²) in [6.07, 6.45) is -0.176. The van der Waals surface area contributed by atoms with Gasteiger partial charge >= 0.3 is 11.4 Å². The molecule has 0 aliphatic carbocycles. The predicted octanol–water partition coefficient (Wildman–Crippen LogP) is 1.40. The third kappa shape index (κ3) is 4.17. The molecule has 0 atom stereocenters. The van der Waals surface area contributed by atoms with Crippen LogP contribution in [0.3, 0.4) is 0 Å². The molecule has 0 N–H and O–H groups in total. The summed E-state index contributed by atoms with van der Waals surface area (Å²) >= 11 is 0. The van der Waals surface area contributed by atoms with Crippen LogP contribution < -0.4 is 0 Å². The molecule has 23 heavy (non-hydrogen) atoms. The lowest BCUT2D eigenvalue weighted by Gasteiger charge is -2.06. The van der Waals surface area contributed by atoms with Gasteiger partial charge in [0.15, 0.2) is 9.84 Å². The van der Waals surface area contributed by atoms with Gasteiger partial charge in [0, 0.05) is 0 Å². The van der Waals surface area contributed by atoms with Crippen molar-refractivity contribution >= 4 is 26.9 Å². The third-order valence-electron chi connectivity index (χ3n) is 2.76. The zero-order valence-electron chi connectivity index (χ0n) is 11.4. The minimum absolute atomic E-state index is 0.0339. The number of unbranched alkanes of at least 4 members (excludes halogenated alkanes) is 1. The number of rotatable bonds is 8. The second-order valence-corrected chi connectivity index (χ2v) is 6.36. The second-order valence-electron chi connectivity index (χ2n) is 4.31. The topological polar surface area (TPSA) is 183 Å². The Kier molecular flexibility index (Phi) is 5.64. The van der Waals surface area contributed by atoms with Gasteiger partial charge in [-0.25, -0.2) is 13.5 Å². The average Bonchev–Trinajstić information content (AvgIpc) is 2.45. The summed E-state index contributed by atoms with van der Waals surface area (Å²) in [4.78, 5) is 27.9. The SMILES string of the molecule is [O]CCCCS(=O)(=O)c1c([N+](=O)[O-])cc([N+](=O)[O-])cc1[N+](=O)[O-]. The standard InChI is InChI=1S/C10H10N3O9S/c14-3-1-2-4-23(21,22)10-8(12(17)18)5-7(11(15)16)6-9(10)13(19)20/h5-6H,1-4H2. The first kappa shape index (κ1) is 18.4. The van der Waals surface area contributed by atoms with Gasteiger partial charge in [0.25, 0.3) is 5.69 Å². The number of benzene rings is 1. The molecule has 0 amide bonds. The summed E-state index contributed by atoms with van der Waals surface area (Å²) in [5.41, 5.74) is -3.46. The van der Waals surface area contributed by atoms with Gasteiger partial charge in [-0.1, -0.05) is 0 Å². The first-order valence-electron chi connectivity index (χ1n) is 6.04. The quantitative estimate of drug-likeness (QED) is 0.383. The fourth-order valence-corrected chi connectivity index (χ4v) is 3.47. The van der Waals surface area contributed by atoms with Gasteiger partial charge in [-0.2, -0.15) is 0 Å². The molecule has 1 aromatic rings. The van der Waals surface area contributed by atoms with Crippen LogP contribution in [0.15, 0.2) is 17.0 Å². The van der Waals surface area contributed by atoms with Crippen molar-refractivity contribution in [3.63, 3.8) is 0 Å². The Labute approximate surface area is 128 Å². The Morgan fingerprint density at radius 3 is 1.70 bits per heavy atom. The number of hydrogen-bond acceptors (Lipinski definition) is 8. The zero-order valence-corrected chi connectivity index (χ0v) is 12.2. The molecule has 125 valence electrons. The van der Waals surface area contributed by atoms with Crippen molar-refractivity contribution < 1.29 is 28.3 Å². The van der Waals surface area contributed by atoms with E-state index in [0.29, 0.717) is 12.1 Å². The molecule has 0 spiro atoms. The Balaban J connectivity index is 3.64. The summed E-state index contributed by atoms with van der Waals surface area (Å²) < 4.78 is 24.3. The van der Waals surface area contributed by atoms with Gasteiger partial charge in [0.2, 0.25) is 4.90 Å². The fraction of sp³-hybridized carbons (Fsp3) is 0.400. The van der Waals surface area contributed by atoms with E-state index in [1.807, 2.05) is 0 Å². The number of nitro groups is 3. The van der Waals surface area contributed by atoms with Crippen LogP contribution >= 0.6 is 0 Å². The number of non-ortho nitro benzene ring substituents is 1. The monoisotopic (exact) mass is 348 g/mol. The Morgan fingerprint density at radius 1 is 0.870 bits per heavy atom. The molecule has 0 saturated heterocycles. The van der Waals surface area contributed by atoms with Crippen LogP contribution in [0.5, 0.6) is 0 Å². The van der Waals surface area contributed by atoms with Crippen LogP contribution in [0.4, 0.5) is 17.1 Å². The minimum Gasteiger partial charge on any atom is -0.258 e. The normalized spacial score (nSPS) is 11.2. The highest BCUT2D eigenvalue weighted by molar-refractivity contribution is 7.91. The Bertz CT molecular complexity index is 724. The molecule has 0 aliphatic rings.